The molecule has 0 saturated heterocycles. The SMILES string of the molecule is CCOC(=O)Cc1c(Br)ccc(F)c1C#N. The first-order valence-electron chi connectivity index (χ1n) is 4.62. The topological polar surface area (TPSA) is 50.1 Å². The Labute approximate surface area is 101 Å². The highest BCUT2D eigenvalue weighted by molar-refractivity contribution is 9.10. The summed E-state index contributed by atoms with van der Waals surface area (Å²) in [6, 6.07) is 4.38. The van der Waals surface area contributed by atoms with E-state index >= 15 is 0 Å². The van der Waals surface area contributed by atoms with Crippen molar-refractivity contribution in [2.45, 2.75) is 13.3 Å². The summed E-state index contributed by atoms with van der Waals surface area (Å²) < 4.78 is 18.5. The zero-order valence-electron chi connectivity index (χ0n) is 8.59. The maximum absolute atomic E-state index is 13.3. The van der Waals surface area contributed by atoms with Crippen molar-refractivity contribution in [2.24, 2.45) is 0 Å². The van der Waals surface area contributed by atoms with Gasteiger partial charge in [-0.2, -0.15) is 5.26 Å². The Kier molecular flexibility index (Phi) is 4.44. The lowest BCUT2D eigenvalue weighted by molar-refractivity contribution is -0.142. The van der Waals surface area contributed by atoms with Gasteiger partial charge in [-0.3, -0.25) is 4.79 Å². The van der Waals surface area contributed by atoms with E-state index in [9.17, 15) is 9.18 Å². The monoisotopic (exact) mass is 285 g/mol. The number of hydrogen-bond acceptors (Lipinski definition) is 3. The molecule has 0 unspecified atom stereocenters. The molecule has 1 aromatic rings. The zero-order chi connectivity index (χ0) is 12.1. The molecule has 0 aliphatic rings. The Morgan fingerprint density at radius 3 is 2.88 bits per heavy atom. The van der Waals surface area contributed by atoms with Gasteiger partial charge in [-0.25, -0.2) is 4.39 Å². The van der Waals surface area contributed by atoms with Crippen LogP contribution in [0, 0.1) is 17.1 Å². The van der Waals surface area contributed by atoms with E-state index < -0.39 is 11.8 Å². The Balaban J connectivity index is 3.08. The number of carbonyl (C=O) groups excluding carboxylic acids is 1. The number of nitriles is 1. The average Bonchev–Trinajstić information content (AvgIpc) is 2.24. The highest BCUT2D eigenvalue weighted by Crippen LogP contribution is 2.23. The molecule has 0 aromatic heterocycles. The van der Waals surface area contributed by atoms with Gasteiger partial charge in [0.05, 0.1) is 18.6 Å². The smallest absolute Gasteiger partial charge is 0.310 e. The van der Waals surface area contributed by atoms with Gasteiger partial charge in [0.2, 0.25) is 0 Å². The third-order valence-corrected chi connectivity index (χ3v) is 2.69. The maximum atomic E-state index is 13.3. The first kappa shape index (κ1) is 12.7. The summed E-state index contributed by atoms with van der Waals surface area (Å²) >= 11 is 3.18. The minimum atomic E-state index is -0.634. The molecular formula is C11H9BrFNO2. The molecule has 0 saturated carbocycles. The lowest BCUT2D eigenvalue weighted by atomic mass is 10.1. The molecule has 5 heteroatoms. The second-order valence-electron chi connectivity index (χ2n) is 2.98. The van der Waals surface area contributed by atoms with Crippen molar-refractivity contribution in [3.8, 4) is 6.07 Å². The van der Waals surface area contributed by atoms with E-state index in [-0.39, 0.29) is 18.6 Å². The quantitative estimate of drug-likeness (QED) is 0.802. The van der Waals surface area contributed by atoms with Crippen LogP contribution in [-0.4, -0.2) is 12.6 Å². The molecule has 0 atom stereocenters. The predicted octanol–water partition coefficient (Wildman–Crippen LogP) is 2.57. The number of benzene rings is 1. The van der Waals surface area contributed by atoms with E-state index in [0.717, 1.165) is 0 Å². The van der Waals surface area contributed by atoms with Crippen molar-refractivity contribution in [1.29, 1.82) is 5.26 Å². The van der Waals surface area contributed by atoms with Gasteiger partial charge < -0.3 is 4.74 Å². The summed E-state index contributed by atoms with van der Waals surface area (Å²) in [6.45, 7) is 1.94. The van der Waals surface area contributed by atoms with Crippen molar-refractivity contribution >= 4 is 21.9 Å². The molecule has 1 rings (SSSR count). The van der Waals surface area contributed by atoms with Crippen molar-refractivity contribution in [2.75, 3.05) is 6.61 Å². The van der Waals surface area contributed by atoms with Crippen LogP contribution in [-0.2, 0) is 16.0 Å². The fourth-order valence-corrected chi connectivity index (χ4v) is 1.71. The number of carbonyl (C=O) groups is 1. The number of rotatable bonds is 3. The van der Waals surface area contributed by atoms with Crippen molar-refractivity contribution in [1.82, 2.24) is 0 Å². The zero-order valence-corrected chi connectivity index (χ0v) is 10.2. The molecule has 0 heterocycles. The van der Waals surface area contributed by atoms with Gasteiger partial charge in [-0.15, -0.1) is 0 Å². The molecular weight excluding hydrogens is 277 g/mol. The molecule has 0 bridgehead atoms. The van der Waals surface area contributed by atoms with Gasteiger partial charge in [0.25, 0.3) is 0 Å². The Morgan fingerprint density at radius 1 is 1.62 bits per heavy atom. The molecule has 84 valence electrons. The number of nitrogens with zero attached hydrogens (tertiary/aromatic N) is 1. The molecule has 0 spiro atoms. The Morgan fingerprint density at radius 2 is 2.31 bits per heavy atom. The van der Waals surface area contributed by atoms with Crippen molar-refractivity contribution < 1.29 is 13.9 Å². The molecule has 16 heavy (non-hydrogen) atoms. The minimum absolute atomic E-state index is 0.116. The van der Waals surface area contributed by atoms with Gasteiger partial charge >= 0.3 is 5.97 Å². The first-order chi connectivity index (χ1) is 7.60. The Hall–Kier alpha value is -1.41. The summed E-state index contributed by atoms with van der Waals surface area (Å²) in [6.07, 6.45) is -0.116. The first-order valence-corrected chi connectivity index (χ1v) is 5.42. The van der Waals surface area contributed by atoms with Crippen LogP contribution in [0.15, 0.2) is 16.6 Å². The van der Waals surface area contributed by atoms with Gasteiger partial charge in [-0.1, -0.05) is 15.9 Å². The van der Waals surface area contributed by atoms with E-state index in [1.165, 1.54) is 12.1 Å². The van der Waals surface area contributed by atoms with Gasteiger partial charge in [0, 0.05) is 4.47 Å². The molecule has 0 aliphatic heterocycles. The fourth-order valence-electron chi connectivity index (χ4n) is 1.24. The van der Waals surface area contributed by atoms with Gasteiger partial charge in [-0.05, 0) is 24.6 Å². The molecule has 0 aliphatic carbocycles. The third-order valence-electron chi connectivity index (χ3n) is 1.94. The second-order valence-corrected chi connectivity index (χ2v) is 3.83. The van der Waals surface area contributed by atoms with Gasteiger partial charge in [0.1, 0.15) is 11.9 Å². The average molecular weight is 286 g/mol. The highest BCUT2D eigenvalue weighted by Gasteiger charge is 2.15. The summed E-state index contributed by atoms with van der Waals surface area (Å²) in [7, 11) is 0. The van der Waals surface area contributed by atoms with Crippen LogP contribution < -0.4 is 0 Å². The standard InChI is InChI=1S/C11H9BrFNO2/c1-2-16-11(15)5-7-8(6-14)10(13)4-3-9(7)12/h3-4H,2,5H2,1H3. The van der Waals surface area contributed by atoms with Crippen LogP contribution in [0.1, 0.15) is 18.1 Å². The van der Waals surface area contributed by atoms with Crippen LogP contribution in [0.2, 0.25) is 0 Å². The minimum Gasteiger partial charge on any atom is -0.466 e. The number of halogens is 2. The number of esters is 1. The van der Waals surface area contributed by atoms with Crippen LogP contribution in [0.3, 0.4) is 0 Å². The Bertz CT molecular complexity index is 454. The molecule has 0 amide bonds. The van der Waals surface area contributed by atoms with Crippen molar-refractivity contribution in [3.63, 3.8) is 0 Å². The number of ether oxygens (including phenoxy) is 1. The van der Waals surface area contributed by atoms with E-state index in [2.05, 4.69) is 15.9 Å². The summed E-state index contributed by atoms with van der Waals surface area (Å²) in [5.74, 6) is -1.12. The van der Waals surface area contributed by atoms with E-state index in [1.54, 1.807) is 13.0 Å². The molecule has 1 aromatic carbocycles. The normalized spacial score (nSPS) is 9.62. The lowest BCUT2D eigenvalue weighted by Crippen LogP contribution is -2.10. The van der Waals surface area contributed by atoms with Crippen LogP contribution in [0.25, 0.3) is 0 Å². The molecule has 0 fully saturated rings. The molecule has 3 nitrogen and oxygen atoms in total. The van der Waals surface area contributed by atoms with E-state index in [4.69, 9.17) is 10.00 Å². The van der Waals surface area contributed by atoms with Crippen molar-refractivity contribution in [3.05, 3.63) is 33.5 Å². The lowest BCUT2D eigenvalue weighted by Gasteiger charge is -2.07. The van der Waals surface area contributed by atoms with E-state index in [1.807, 2.05) is 0 Å². The maximum Gasteiger partial charge on any atom is 0.310 e. The predicted molar refractivity (Wildman–Crippen MR) is 59.2 cm³/mol. The largest absolute Gasteiger partial charge is 0.466 e. The highest BCUT2D eigenvalue weighted by atomic mass is 79.9. The third kappa shape index (κ3) is 2.80. The molecule has 0 N–H and O–H groups in total. The summed E-state index contributed by atoms with van der Waals surface area (Å²) in [5.41, 5.74) is 0.198. The summed E-state index contributed by atoms with van der Waals surface area (Å²) in [4.78, 5) is 11.3. The second kappa shape index (κ2) is 5.61. The number of hydrogen-bond donors (Lipinski definition) is 0. The van der Waals surface area contributed by atoms with E-state index in [0.29, 0.717) is 10.0 Å². The van der Waals surface area contributed by atoms with Crippen LogP contribution in [0.5, 0.6) is 0 Å². The van der Waals surface area contributed by atoms with Crippen LogP contribution in [0.4, 0.5) is 4.39 Å². The summed E-state index contributed by atoms with van der Waals surface area (Å²) in [5, 5.41) is 8.80. The van der Waals surface area contributed by atoms with Gasteiger partial charge in [0.15, 0.2) is 0 Å². The van der Waals surface area contributed by atoms with Crippen LogP contribution >= 0.6 is 15.9 Å². The fraction of sp³-hybridized carbons (Fsp3) is 0.273. The molecule has 0 radical (unpaired) electrons.